The molecule has 6 rings (SSSR count). The molecule has 2 aliphatic heterocycles. The van der Waals surface area contributed by atoms with E-state index in [-0.39, 0.29) is 43.1 Å². The first-order valence-corrected chi connectivity index (χ1v) is 15.4. The minimum absolute atomic E-state index is 0. The molecule has 1 aromatic heterocycles. The molecule has 0 spiro atoms. The Morgan fingerprint density at radius 2 is 1.86 bits per heavy atom. The van der Waals surface area contributed by atoms with Crippen LogP contribution in [0.15, 0.2) is 67.0 Å². The van der Waals surface area contributed by atoms with Gasteiger partial charge < -0.3 is 34.3 Å². The van der Waals surface area contributed by atoms with E-state index in [0.717, 1.165) is 50.0 Å². The van der Waals surface area contributed by atoms with Crippen LogP contribution in [0.4, 0.5) is 4.79 Å². The molecule has 1 aliphatic carbocycles. The highest BCUT2D eigenvalue weighted by Gasteiger charge is 2.43. The number of nitrogens with one attached hydrogen (secondary N) is 1. The molecule has 3 atom stereocenters. The van der Waals surface area contributed by atoms with Gasteiger partial charge in [0, 0.05) is 37.8 Å². The molecule has 3 heterocycles. The molecule has 2 amide bonds. The van der Waals surface area contributed by atoms with Gasteiger partial charge in [0.25, 0.3) is 5.91 Å². The molecule has 236 valence electrons. The highest BCUT2D eigenvalue weighted by atomic mass is 35.5. The standard InChI is InChI=1S/C33H41N5O5.ClH/c39-31(37-16-15-34-22-27(37)21-25-9-3-1-4-10-25)29-30(26-11-5-2-6-12-26)38(24-35-29)28-13-7-8-14-33(28,41)23-42-19-17-36-18-20-43-32(36)40;/h1-6,9-12,24,27-28,34,41H,7-8,13-23H2;1H/t27-,28?,33?;/m1./s1. The second-order valence-electron chi connectivity index (χ2n) is 11.8. The molecule has 2 aromatic carbocycles. The van der Waals surface area contributed by atoms with Gasteiger partial charge in [0.2, 0.25) is 0 Å². The maximum absolute atomic E-state index is 14.3. The van der Waals surface area contributed by atoms with Gasteiger partial charge in [0.15, 0.2) is 5.69 Å². The fraction of sp³-hybridized carbons (Fsp3) is 0.485. The van der Waals surface area contributed by atoms with Crippen LogP contribution in [0.25, 0.3) is 11.3 Å². The Balaban J connectivity index is 0.00000384. The molecular formula is C33H42ClN5O5. The molecule has 0 bridgehead atoms. The maximum Gasteiger partial charge on any atom is 0.410 e. The molecule has 3 aromatic rings. The minimum Gasteiger partial charge on any atom is -0.448 e. The number of carbonyl (C=O) groups excluding carboxylic acids is 2. The van der Waals surface area contributed by atoms with Crippen LogP contribution in [0.1, 0.15) is 47.8 Å². The molecule has 2 saturated heterocycles. The van der Waals surface area contributed by atoms with Crippen LogP contribution in [0, 0.1) is 0 Å². The zero-order chi connectivity index (χ0) is 29.6. The summed E-state index contributed by atoms with van der Waals surface area (Å²) in [7, 11) is 0. The number of cyclic esters (lactones) is 1. The number of rotatable bonds is 10. The molecular weight excluding hydrogens is 582 g/mol. The number of benzene rings is 2. The lowest BCUT2D eigenvalue weighted by Gasteiger charge is -2.41. The van der Waals surface area contributed by atoms with Crippen molar-refractivity contribution < 1.29 is 24.2 Å². The summed E-state index contributed by atoms with van der Waals surface area (Å²) in [5, 5.41) is 15.5. The van der Waals surface area contributed by atoms with Crippen LogP contribution in [0.2, 0.25) is 0 Å². The normalized spacial score (nSPS) is 23.7. The van der Waals surface area contributed by atoms with Gasteiger partial charge in [-0.3, -0.25) is 4.79 Å². The summed E-state index contributed by atoms with van der Waals surface area (Å²) in [6.07, 6.45) is 5.33. The van der Waals surface area contributed by atoms with Gasteiger partial charge in [-0.05, 0) is 24.8 Å². The zero-order valence-corrected chi connectivity index (χ0v) is 25.8. The number of ether oxygens (including phenoxy) is 2. The lowest BCUT2D eigenvalue weighted by atomic mass is 9.80. The highest BCUT2D eigenvalue weighted by Crippen LogP contribution is 2.41. The molecule has 10 nitrogen and oxygen atoms in total. The number of nitrogens with zero attached hydrogens (tertiary/aromatic N) is 4. The number of carbonyl (C=O) groups is 2. The number of amides is 2. The van der Waals surface area contributed by atoms with Gasteiger partial charge in [-0.2, -0.15) is 0 Å². The van der Waals surface area contributed by atoms with Crippen molar-refractivity contribution in [2.45, 2.75) is 49.8 Å². The summed E-state index contributed by atoms with van der Waals surface area (Å²) in [4.78, 5) is 34.4. The number of aromatic nitrogens is 2. The number of piperazine rings is 1. The van der Waals surface area contributed by atoms with E-state index < -0.39 is 5.60 Å². The summed E-state index contributed by atoms with van der Waals surface area (Å²) in [5.41, 5.74) is 2.08. The monoisotopic (exact) mass is 623 g/mol. The Hall–Kier alpha value is -3.44. The molecule has 44 heavy (non-hydrogen) atoms. The second kappa shape index (κ2) is 14.6. The van der Waals surface area contributed by atoms with Gasteiger partial charge in [-0.25, -0.2) is 9.78 Å². The average molecular weight is 624 g/mol. The van der Waals surface area contributed by atoms with Crippen molar-refractivity contribution in [3.8, 4) is 11.3 Å². The van der Waals surface area contributed by atoms with E-state index in [1.807, 2.05) is 58.0 Å². The van der Waals surface area contributed by atoms with Gasteiger partial charge >= 0.3 is 6.09 Å². The third-order valence-electron chi connectivity index (χ3n) is 8.96. The molecule has 1 saturated carbocycles. The summed E-state index contributed by atoms with van der Waals surface area (Å²) in [6, 6.07) is 19.8. The van der Waals surface area contributed by atoms with Gasteiger partial charge in [0.1, 0.15) is 12.2 Å². The lowest BCUT2D eigenvalue weighted by Crippen LogP contribution is -2.54. The summed E-state index contributed by atoms with van der Waals surface area (Å²) < 4.78 is 13.0. The fourth-order valence-corrected chi connectivity index (χ4v) is 6.69. The SMILES string of the molecule is Cl.O=C1OCCN1CCOCC1(O)CCCCC1n1cnc(C(=O)N2CCNC[C@H]2Cc2ccccc2)c1-c1ccccc1. The average Bonchev–Trinajstić information content (AvgIpc) is 3.66. The third kappa shape index (κ3) is 6.94. The van der Waals surface area contributed by atoms with Crippen molar-refractivity contribution in [1.29, 1.82) is 0 Å². The minimum atomic E-state index is -1.14. The number of hydrogen-bond donors (Lipinski definition) is 2. The Morgan fingerprint density at radius 3 is 2.61 bits per heavy atom. The Kier molecular flexibility index (Phi) is 10.6. The smallest absolute Gasteiger partial charge is 0.410 e. The van der Waals surface area contributed by atoms with Crippen molar-refractivity contribution in [1.82, 2.24) is 24.7 Å². The zero-order valence-electron chi connectivity index (χ0n) is 25.0. The molecule has 0 radical (unpaired) electrons. The van der Waals surface area contributed by atoms with Crippen LogP contribution >= 0.6 is 12.4 Å². The predicted octanol–water partition coefficient (Wildman–Crippen LogP) is 3.94. The van der Waals surface area contributed by atoms with E-state index in [9.17, 15) is 14.7 Å². The quantitative estimate of drug-likeness (QED) is 0.329. The topological polar surface area (TPSA) is 109 Å². The van der Waals surface area contributed by atoms with Crippen molar-refractivity contribution in [3.63, 3.8) is 0 Å². The Bertz CT molecular complexity index is 1390. The number of imidazole rings is 1. The van der Waals surface area contributed by atoms with Gasteiger partial charge in [-0.15, -0.1) is 12.4 Å². The third-order valence-corrected chi connectivity index (χ3v) is 8.96. The molecule has 2 unspecified atom stereocenters. The van der Waals surface area contributed by atoms with Crippen molar-refractivity contribution in [2.24, 2.45) is 0 Å². The van der Waals surface area contributed by atoms with E-state index in [0.29, 0.717) is 45.0 Å². The maximum atomic E-state index is 14.3. The van der Waals surface area contributed by atoms with E-state index >= 15 is 0 Å². The largest absolute Gasteiger partial charge is 0.448 e. The first-order chi connectivity index (χ1) is 21.0. The van der Waals surface area contributed by atoms with E-state index in [1.165, 1.54) is 5.56 Å². The summed E-state index contributed by atoms with van der Waals surface area (Å²) in [5.74, 6) is -0.0897. The molecule has 2 N–H and O–H groups in total. The van der Waals surface area contributed by atoms with E-state index in [2.05, 4.69) is 17.4 Å². The Morgan fingerprint density at radius 1 is 1.09 bits per heavy atom. The van der Waals surface area contributed by atoms with Crippen molar-refractivity contribution in [2.75, 3.05) is 52.5 Å². The van der Waals surface area contributed by atoms with E-state index in [4.69, 9.17) is 14.5 Å². The fourth-order valence-electron chi connectivity index (χ4n) is 6.69. The molecule has 11 heteroatoms. The van der Waals surface area contributed by atoms with Crippen LogP contribution in [0.5, 0.6) is 0 Å². The summed E-state index contributed by atoms with van der Waals surface area (Å²) in [6.45, 7) is 3.87. The number of halogens is 1. The van der Waals surface area contributed by atoms with Crippen LogP contribution in [-0.4, -0.2) is 101 Å². The number of hydrogen-bond acceptors (Lipinski definition) is 7. The first-order valence-electron chi connectivity index (χ1n) is 15.4. The highest BCUT2D eigenvalue weighted by molar-refractivity contribution is 5.98. The Labute approximate surface area is 264 Å². The summed E-state index contributed by atoms with van der Waals surface area (Å²) >= 11 is 0. The van der Waals surface area contributed by atoms with Crippen LogP contribution < -0.4 is 5.32 Å². The number of aliphatic hydroxyl groups is 1. The lowest BCUT2D eigenvalue weighted by molar-refractivity contribution is -0.0999. The van der Waals surface area contributed by atoms with Gasteiger partial charge in [0.05, 0.1) is 37.8 Å². The first kappa shape index (κ1) is 32.0. The molecule has 3 aliphatic rings. The van der Waals surface area contributed by atoms with Crippen LogP contribution in [-0.2, 0) is 15.9 Å². The predicted molar refractivity (Wildman–Crippen MR) is 169 cm³/mol. The molecule has 3 fully saturated rings. The van der Waals surface area contributed by atoms with E-state index in [1.54, 1.807) is 11.2 Å². The second-order valence-corrected chi connectivity index (χ2v) is 11.8. The van der Waals surface area contributed by atoms with Crippen molar-refractivity contribution >= 4 is 24.4 Å². The van der Waals surface area contributed by atoms with Gasteiger partial charge in [-0.1, -0.05) is 73.5 Å². The van der Waals surface area contributed by atoms with Crippen LogP contribution in [0.3, 0.4) is 0 Å². The van der Waals surface area contributed by atoms with Crippen molar-refractivity contribution in [3.05, 3.63) is 78.2 Å².